The Hall–Kier alpha value is -3.02. The van der Waals surface area contributed by atoms with Crippen LogP contribution in [0.3, 0.4) is 0 Å². The van der Waals surface area contributed by atoms with Gasteiger partial charge in [-0.05, 0) is 38.5 Å². The van der Waals surface area contributed by atoms with Gasteiger partial charge in [-0.1, -0.05) is 30.3 Å². The van der Waals surface area contributed by atoms with Crippen LogP contribution in [-0.2, 0) is 16.1 Å². The van der Waals surface area contributed by atoms with E-state index in [1.807, 2.05) is 51.1 Å². The zero-order valence-electron chi connectivity index (χ0n) is 16.0. The SMILES string of the molecule is CCOc1ccc(NC(=O)C(=O)N(CC)Cc2ccccc2)cc1OCC. The molecule has 0 saturated carbocycles. The molecule has 2 amide bonds. The predicted octanol–water partition coefficient (Wildman–Crippen LogP) is 3.47. The standard InChI is InChI=1S/C21H26N2O4/c1-4-23(15-16-10-8-7-9-11-16)21(25)20(24)22-17-12-13-18(26-5-2)19(14-17)27-6-3/h7-14H,4-6,15H2,1-3H3,(H,22,24). The predicted molar refractivity (Wildman–Crippen MR) is 105 cm³/mol. The number of likely N-dealkylation sites (N-methyl/N-ethyl adjacent to an activating group) is 1. The molecule has 0 radical (unpaired) electrons. The maximum absolute atomic E-state index is 12.5. The van der Waals surface area contributed by atoms with Crippen LogP contribution in [0.1, 0.15) is 26.3 Å². The molecule has 1 N–H and O–H groups in total. The Balaban J connectivity index is 2.08. The van der Waals surface area contributed by atoms with Gasteiger partial charge in [-0.2, -0.15) is 0 Å². The summed E-state index contributed by atoms with van der Waals surface area (Å²) in [7, 11) is 0. The van der Waals surface area contributed by atoms with Gasteiger partial charge in [-0.15, -0.1) is 0 Å². The molecule has 0 aliphatic heterocycles. The fraction of sp³-hybridized carbons (Fsp3) is 0.333. The molecule has 0 bridgehead atoms. The van der Waals surface area contributed by atoms with Gasteiger partial charge in [0.15, 0.2) is 11.5 Å². The molecule has 0 spiro atoms. The van der Waals surface area contributed by atoms with Crippen LogP contribution in [0, 0.1) is 0 Å². The van der Waals surface area contributed by atoms with Crippen molar-refractivity contribution in [2.75, 3.05) is 25.1 Å². The molecule has 0 aliphatic rings. The van der Waals surface area contributed by atoms with Crippen molar-refractivity contribution in [3.8, 4) is 11.5 Å². The van der Waals surface area contributed by atoms with Crippen LogP contribution in [0.5, 0.6) is 11.5 Å². The molecular formula is C21H26N2O4. The summed E-state index contributed by atoms with van der Waals surface area (Å²) in [5, 5.41) is 2.64. The van der Waals surface area contributed by atoms with Gasteiger partial charge in [-0.25, -0.2) is 0 Å². The van der Waals surface area contributed by atoms with Gasteiger partial charge in [0.1, 0.15) is 0 Å². The molecular weight excluding hydrogens is 344 g/mol. The van der Waals surface area contributed by atoms with Gasteiger partial charge in [0, 0.05) is 24.8 Å². The minimum atomic E-state index is -0.681. The number of rotatable bonds is 8. The topological polar surface area (TPSA) is 67.9 Å². The molecule has 0 heterocycles. The van der Waals surface area contributed by atoms with E-state index in [1.165, 1.54) is 4.90 Å². The monoisotopic (exact) mass is 370 g/mol. The van der Waals surface area contributed by atoms with Gasteiger partial charge >= 0.3 is 11.8 Å². The van der Waals surface area contributed by atoms with Crippen LogP contribution in [-0.4, -0.2) is 36.5 Å². The van der Waals surface area contributed by atoms with Gasteiger partial charge in [0.2, 0.25) is 0 Å². The molecule has 0 fully saturated rings. The van der Waals surface area contributed by atoms with Crippen LogP contribution in [0.15, 0.2) is 48.5 Å². The summed E-state index contributed by atoms with van der Waals surface area (Å²) in [6.45, 7) is 7.40. The van der Waals surface area contributed by atoms with E-state index in [-0.39, 0.29) is 0 Å². The molecule has 6 nitrogen and oxygen atoms in total. The first-order chi connectivity index (χ1) is 13.1. The first-order valence-electron chi connectivity index (χ1n) is 9.12. The van der Waals surface area contributed by atoms with Crippen molar-refractivity contribution in [1.29, 1.82) is 0 Å². The fourth-order valence-corrected chi connectivity index (χ4v) is 2.59. The number of benzene rings is 2. The number of amides is 2. The van der Waals surface area contributed by atoms with Crippen molar-refractivity contribution in [3.63, 3.8) is 0 Å². The van der Waals surface area contributed by atoms with Gasteiger partial charge in [0.25, 0.3) is 0 Å². The summed E-state index contributed by atoms with van der Waals surface area (Å²) >= 11 is 0. The maximum Gasteiger partial charge on any atom is 0.313 e. The van der Waals surface area contributed by atoms with Crippen molar-refractivity contribution in [3.05, 3.63) is 54.1 Å². The third-order valence-electron chi connectivity index (χ3n) is 3.88. The summed E-state index contributed by atoms with van der Waals surface area (Å²) in [6.07, 6.45) is 0. The zero-order valence-corrected chi connectivity index (χ0v) is 16.0. The lowest BCUT2D eigenvalue weighted by molar-refractivity contribution is -0.143. The fourth-order valence-electron chi connectivity index (χ4n) is 2.59. The molecule has 2 aromatic carbocycles. The first kappa shape index (κ1) is 20.3. The second-order valence-corrected chi connectivity index (χ2v) is 5.79. The number of hydrogen-bond donors (Lipinski definition) is 1. The smallest absolute Gasteiger partial charge is 0.313 e. The molecule has 0 aliphatic carbocycles. The van der Waals surface area contributed by atoms with Crippen LogP contribution >= 0.6 is 0 Å². The number of nitrogens with one attached hydrogen (secondary N) is 1. The van der Waals surface area contributed by atoms with Gasteiger partial charge in [0.05, 0.1) is 13.2 Å². The highest BCUT2D eigenvalue weighted by Crippen LogP contribution is 2.30. The number of nitrogens with zero attached hydrogens (tertiary/aromatic N) is 1. The minimum Gasteiger partial charge on any atom is -0.490 e. The van der Waals surface area contributed by atoms with Crippen LogP contribution in [0.4, 0.5) is 5.69 Å². The van der Waals surface area contributed by atoms with E-state index in [0.29, 0.717) is 43.5 Å². The average Bonchev–Trinajstić information content (AvgIpc) is 2.68. The molecule has 0 atom stereocenters. The summed E-state index contributed by atoms with van der Waals surface area (Å²) in [5.74, 6) is -0.128. The number of anilines is 1. The molecule has 0 aromatic heterocycles. The molecule has 2 rings (SSSR count). The van der Waals surface area contributed by atoms with Crippen molar-refractivity contribution in [2.45, 2.75) is 27.3 Å². The second-order valence-electron chi connectivity index (χ2n) is 5.79. The van der Waals surface area contributed by atoms with E-state index in [9.17, 15) is 9.59 Å². The molecule has 2 aromatic rings. The summed E-state index contributed by atoms with van der Waals surface area (Å²) < 4.78 is 11.1. The quantitative estimate of drug-likeness (QED) is 0.723. The van der Waals surface area contributed by atoms with Crippen LogP contribution in [0.25, 0.3) is 0 Å². The molecule has 0 unspecified atom stereocenters. The Labute approximate surface area is 160 Å². The third kappa shape index (κ3) is 5.74. The van der Waals surface area contributed by atoms with Gasteiger partial charge < -0.3 is 19.7 Å². The Morgan fingerprint density at radius 1 is 0.926 bits per heavy atom. The number of hydrogen-bond acceptors (Lipinski definition) is 4. The Bertz CT molecular complexity index is 762. The maximum atomic E-state index is 12.5. The van der Waals surface area contributed by atoms with E-state index in [2.05, 4.69) is 5.32 Å². The normalized spacial score (nSPS) is 10.2. The van der Waals surface area contributed by atoms with Crippen molar-refractivity contribution >= 4 is 17.5 Å². The highest BCUT2D eigenvalue weighted by molar-refractivity contribution is 6.39. The Kier molecular flexibility index (Phi) is 7.67. The minimum absolute atomic E-state index is 0.386. The Morgan fingerprint density at radius 3 is 2.22 bits per heavy atom. The van der Waals surface area contributed by atoms with E-state index in [1.54, 1.807) is 18.2 Å². The van der Waals surface area contributed by atoms with Crippen LogP contribution < -0.4 is 14.8 Å². The van der Waals surface area contributed by atoms with Gasteiger partial charge in [-0.3, -0.25) is 9.59 Å². The highest BCUT2D eigenvalue weighted by atomic mass is 16.5. The van der Waals surface area contributed by atoms with E-state index in [4.69, 9.17) is 9.47 Å². The molecule has 144 valence electrons. The summed E-state index contributed by atoms with van der Waals surface area (Å²) in [4.78, 5) is 26.4. The van der Waals surface area contributed by atoms with E-state index >= 15 is 0 Å². The summed E-state index contributed by atoms with van der Waals surface area (Å²) in [6, 6.07) is 14.6. The van der Waals surface area contributed by atoms with E-state index < -0.39 is 11.8 Å². The Morgan fingerprint density at radius 2 is 1.59 bits per heavy atom. The lowest BCUT2D eigenvalue weighted by Gasteiger charge is -2.20. The average molecular weight is 370 g/mol. The van der Waals surface area contributed by atoms with E-state index in [0.717, 1.165) is 5.56 Å². The highest BCUT2D eigenvalue weighted by Gasteiger charge is 2.21. The molecule has 6 heteroatoms. The van der Waals surface area contributed by atoms with Crippen molar-refractivity contribution in [2.24, 2.45) is 0 Å². The largest absolute Gasteiger partial charge is 0.490 e. The van der Waals surface area contributed by atoms with Crippen molar-refractivity contribution in [1.82, 2.24) is 4.90 Å². The second kappa shape index (κ2) is 10.2. The number of ether oxygens (including phenoxy) is 2. The lowest BCUT2D eigenvalue weighted by Crippen LogP contribution is -2.39. The first-order valence-corrected chi connectivity index (χ1v) is 9.12. The zero-order chi connectivity index (χ0) is 19.6. The van der Waals surface area contributed by atoms with Crippen LogP contribution in [0.2, 0.25) is 0 Å². The lowest BCUT2D eigenvalue weighted by atomic mass is 10.2. The number of carbonyl (C=O) groups excluding carboxylic acids is 2. The van der Waals surface area contributed by atoms with Crippen molar-refractivity contribution < 1.29 is 19.1 Å². The summed E-state index contributed by atoms with van der Waals surface area (Å²) in [5.41, 5.74) is 1.45. The molecule has 0 saturated heterocycles. The third-order valence-corrected chi connectivity index (χ3v) is 3.88. The molecule has 27 heavy (non-hydrogen) atoms. The number of carbonyl (C=O) groups is 2.